The average Bonchev–Trinajstić information content (AvgIpc) is 2.15. The Balaban J connectivity index is 2.83. The maximum Gasteiger partial charge on any atom is 0.328 e. The Morgan fingerprint density at radius 1 is 1.36 bits per heavy atom. The molecule has 72 valence electrons. The Morgan fingerprint density at radius 3 is 2.36 bits per heavy atom. The molecular formula is C12H12O2. The van der Waals surface area contributed by atoms with Gasteiger partial charge in [0, 0.05) is 6.08 Å². The van der Waals surface area contributed by atoms with Gasteiger partial charge in [0.25, 0.3) is 0 Å². The SMILES string of the molecule is C=C(C)c1ccc(C=CC(=O)O)cc1. The van der Waals surface area contributed by atoms with Gasteiger partial charge in [-0.05, 0) is 24.1 Å². The fraction of sp³-hybridized carbons (Fsp3) is 0.0833. The van der Waals surface area contributed by atoms with Gasteiger partial charge in [-0.15, -0.1) is 0 Å². The third kappa shape index (κ3) is 2.90. The second kappa shape index (κ2) is 4.42. The molecule has 1 rings (SSSR count). The van der Waals surface area contributed by atoms with Crippen LogP contribution in [0, 0.1) is 0 Å². The molecule has 2 nitrogen and oxygen atoms in total. The lowest BCUT2D eigenvalue weighted by atomic mass is 10.1. The molecule has 0 radical (unpaired) electrons. The van der Waals surface area contributed by atoms with Crippen LogP contribution in [0.5, 0.6) is 0 Å². The summed E-state index contributed by atoms with van der Waals surface area (Å²) in [6.07, 6.45) is 2.68. The lowest BCUT2D eigenvalue weighted by Gasteiger charge is -1.99. The highest BCUT2D eigenvalue weighted by molar-refractivity contribution is 5.85. The molecular weight excluding hydrogens is 176 g/mol. The summed E-state index contributed by atoms with van der Waals surface area (Å²) in [5, 5.41) is 8.42. The van der Waals surface area contributed by atoms with Crippen LogP contribution in [0.3, 0.4) is 0 Å². The first kappa shape index (κ1) is 10.3. The van der Waals surface area contributed by atoms with Crippen molar-refractivity contribution in [3.8, 4) is 0 Å². The van der Waals surface area contributed by atoms with Crippen LogP contribution < -0.4 is 0 Å². The van der Waals surface area contributed by atoms with Crippen molar-refractivity contribution in [3.63, 3.8) is 0 Å². The van der Waals surface area contributed by atoms with Crippen LogP contribution in [-0.2, 0) is 4.79 Å². The molecule has 0 amide bonds. The molecule has 0 aliphatic heterocycles. The van der Waals surface area contributed by atoms with Gasteiger partial charge in [0.05, 0.1) is 0 Å². The second-order valence-corrected chi connectivity index (χ2v) is 3.07. The van der Waals surface area contributed by atoms with Crippen LogP contribution in [0.25, 0.3) is 11.6 Å². The van der Waals surface area contributed by atoms with Gasteiger partial charge in [0.1, 0.15) is 0 Å². The van der Waals surface area contributed by atoms with E-state index in [0.29, 0.717) is 0 Å². The Hall–Kier alpha value is -1.83. The molecule has 1 aromatic carbocycles. The number of aliphatic carboxylic acids is 1. The third-order valence-electron chi connectivity index (χ3n) is 1.82. The lowest BCUT2D eigenvalue weighted by molar-refractivity contribution is -0.131. The number of allylic oxidation sites excluding steroid dienone is 1. The van der Waals surface area contributed by atoms with Crippen molar-refractivity contribution in [1.82, 2.24) is 0 Å². The van der Waals surface area contributed by atoms with Crippen LogP contribution >= 0.6 is 0 Å². The molecule has 0 saturated heterocycles. The van der Waals surface area contributed by atoms with E-state index in [1.165, 1.54) is 0 Å². The smallest absolute Gasteiger partial charge is 0.328 e. The zero-order chi connectivity index (χ0) is 10.6. The van der Waals surface area contributed by atoms with E-state index in [2.05, 4.69) is 6.58 Å². The molecule has 0 heterocycles. The summed E-state index contributed by atoms with van der Waals surface area (Å²) in [6.45, 7) is 5.75. The van der Waals surface area contributed by atoms with E-state index in [9.17, 15) is 4.79 Å². The van der Waals surface area contributed by atoms with Gasteiger partial charge in [-0.25, -0.2) is 4.79 Å². The highest BCUT2D eigenvalue weighted by Gasteiger charge is 1.93. The van der Waals surface area contributed by atoms with Gasteiger partial charge in [-0.3, -0.25) is 0 Å². The molecule has 0 aromatic heterocycles. The molecule has 1 aromatic rings. The van der Waals surface area contributed by atoms with Gasteiger partial charge < -0.3 is 5.11 Å². The fourth-order valence-electron chi connectivity index (χ4n) is 1.05. The summed E-state index contributed by atoms with van der Waals surface area (Å²) in [6, 6.07) is 7.57. The fourth-order valence-corrected chi connectivity index (χ4v) is 1.05. The lowest BCUT2D eigenvalue weighted by Crippen LogP contribution is -1.85. The normalized spacial score (nSPS) is 10.4. The van der Waals surface area contributed by atoms with Crippen molar-refractivity contribution >= 4 is 17.6 Å². The summed E-state index contributed by atoms with van der Waals surface area (Å²) in [5.74, 6) is -0.936. The molecule has 0 fully saturated rings. The first-order valence-corrected chi connectivity index (χ1v) is 4.26. The minimum absolute atomic E-state index is 0.873. The van der Waals surface area contributed by atoms with E-state index in [-0.39, 0.29) is 0 Å². The molecule has 14 heavy (non-hydrogen) atoms. The van der Waals surface area contributed by atoms with Crippen LogP contribution in [-0.4, -0.2) is 11.1 Å². The molecule has 0 aliphatic carbocycles. The minimum Gasteiger partial charge on any atom is -0.478 e. The number of carboxylic acid groups (broad SMARTS) is 1. The van der Waals surface area contributed by atoms with Crippen molar-refractivity contribution in [1.29, 1.82) is 0 Å². The Kier molecular flexibility index (Phi) is 3.24. The Labute approximate surface area is 83.2 Å². The summed E-state index contributed by atoms with van der Waals surface area (Å²) >= 11 is 0. The van der Waals surface area contributed by atoms with E-state index in [4.69, 9.17) is 5.11 Å². The van der Waals surface area contributed by atoms with Gasteiger partial charge in [-0.1, -0.05) is 36.4 Å². The molecule has 0 atom stereocenters. The van der Waals surface area contributed by atoms with Crippen molar-refractivity contribution in [2.24, 2.45) is 0 Å². The van der Waals surface area contributed by atoms with Gasteiger partial charge in [0.2, 0.25) is 0 Å². The Morgan fingerprint density at radius 2 is 1.93 bits per heavy atom. The Bertz CT molecular complexity index is 372. The van der Waals surface area contributed by atoms with Crippen LogP contribution in [0.1, 0.15) is 18.1 Å². The van der Waals surface area contributed by atoms with E-state index in [1.54, 1.807) is 6.08 Å². The standard InChI is InChI=1S/C12H12O2/c1-9(2)11-6-3-10(4-7-11)5-8-12(13)14/h3-8H,1H2,2H3,(H,13,14). The van der Waals surface area contributed by atoms with E-state index >= 15 is 0 Å². The van der Waals surface area contributed by atoms with E-state index in [1.807, 2.05) is 31.2 Å². The second-order valence-electron chi connectivity index (χ2n) is 3.07. The van der Waals surface area contributed by atoms with Crippen molar-refractivity contribution in [3.05, 3.63) is 48.0 Å². The quantitative estimate of drug-likeness (QED) is 0.740. The van der Waals surface area contributed by atoms with Crippen molar-refractivity contribution in [2.75, 3.05) is 0 Å². The number of hydrogen-bond donors (Lipinski definition) is 1. The van der Waals surface area contributed by atoms with E-state index in [0.717, 1.165) is 22.8 Å². The van der Waals surface area contributed by atoms with E-state index < -0.39 is 5.97 Å². The molecule has 1 N–H and O–H groups in total. The number of benzene rings is 1. The van der Waals surface area contributed by atoms with Crippen molar-refractivity contribution in [2.45, 2.75) is 6.92 Å². The van der Waals surface area contributed by atoms with Crippen LogP contribution in [0.15, 0.2) is 36.9 Å². The maximum absolute atomic E-state index is 10.2. The van der Waals surface area contributed by atoms with Gasteiger partial charge in [0.15, 0.2) is 0 Å². The zero-order valence-electron chi connectivity index (χ0n) is 8.03. The van der Waals surface area contributed by atoms with Crippen LogP contribution in [0.2, 0.25) is 0 Å². The minimum atomic E-state index is -0.936. The van der Waals surface area contributed by atoms with Gasteiger partial charge in [-0.2, -0.15) is 0 Å². The van der Waals surface area contributed by atoms with Gasteiger partial charge >= 0.3 is 5.97 Å². The highest BCUT2D eigenvalue weighted by Crippen LogP contribution is 2.12. The number of carbonyl (C=O) groups is 1. The summed E-state index contributed by atoms with van der Waals surface area (Å²) in [5.41, 5.74) is 2.94. The molecule has 0 saturated carbocycles. The number of rotatable bonds is 3. The van der Waals surface area contributed by atoms with Crippen molar-refractivity contribution < 1.29 is 9.90 Å². The van der Waals surface area contributed by atoms with Crippen LogP contribution in [0.4, 0.5) is 0 Å². The number of hydrogen-bond acceptors (Lipinski definition) is 1. The predicted molar refractivity (Wildman–Crippen MR) is 57.8 cm³/mol. The largest absolute Gasteiger partial charge is 0.478 e. The average molecular weight is 188 g/mol. The topological polar surface area (TPSA) is 37.3 Å². The summed E-state index contributed by atoms with van der Waals surface area (Å²) < 4.78 is 0. The molecule has 0 spiro atoms. The molecule has 0 aliphatic rings. The predicted octanol–water partition coefficient (Wildman–Crippen LogP) is 2.82. The summed E-state index contributed by atoms with van der Waals surface area (Å²) in [4.78, 5) is 10.2. The first-order chi connectivity index (χ1) is 6.59. The monoisotopic (exact) mass is 188 g/mol. The molecule has 0 bridgehead atoms. The summed E-state index contributed by atoms with van der Waals surface area (Å²) in [7, 11) is 0. The maximum atomic E-state index is 10.2. The highest BCUT2D eigenvalue weighted by atomic mass is 16.4. The zero-order valence-corrected chi connectivity index (χ0v) is 8.03. The number of carboxylic acids is 1. The molecule has 2 heteroatoms. The molecule has 0 unspecified atom stereocenters. The third-order valence-corrected chi connectivity index (χ3v) is 1.82. The first-order valence-electron chi connectivity index (χ1n) is 4.26.